The molecule has 0 aliphatic rings. The van der Waals surface area contributed by atoms with Crippen LogP contribution in [0.3, 0.4) is 0 Å². The van der Waals surface area contributed by atoms with Gasteiger partial charge in [0.2, 0.25) is 0 Å². The third-order valence-corrected chi connectivity index (χ3v) is 4.96. The van der Waals surface area contributed by atoms with Gasteiger partial charge in [0, 0.05) is 22.8 Å². The average Bonchev–Trinajstić information content (AvgIpc) is 2.73. The summed E-state index contributed by atoms with van der Waals surface area (Å²) in [6.07, 6.45) is 1.66. The van der Waals surface area contributed by atoms with E-state index in [1.165, 1.54) is 7.11 Å². The van der Waals surface area contributed by atoms with Gasteiger partial charge in [0.05, 0.1) is 13.2 Å². The Labute approximate surface area is 169 Å². The summed E-state index contributed by atoms with van der Waals surface area (Å²) in [5.74, 6) is 0.551. The predicted molar refractivity (Wildman–Crippen MR) is 115 cm³/mol. The van der Waals surface area contributed by atoms with E-state index in [9.17, 15) is 10.2 Å². The SMILES string of the molecule is COc1ccc(C(Nc2cccc(C)c2)c2ccc3cccnc3c2O)cc1O. The van der Waals surface area contributed by atoms with Crippen LogP contribution >= 0.6 is 0 Å². The number of nitrogens with zero attached hydrogens (tertiary/aromatic N) is 1. The molecule has 4 aromatic rings. The smallest absolute Gasteiger partial charge is 0.160 e. The molecule has 0 amide bonds. The summed E-state index contributed by atoms with van der Waals surface area (Å²) in [5.41, 5.74) is 4.03. The molecule has 1 aromatic heterocycles. The number of phenolic OH excluding ortho intramolecular Hbond substituents is 2. The van der Waals surface area contributed by atoms with Crippen molar-refractivity contribution < 1.29 is 14.9 Å². The van der Waals surface area contributed by atoms with Crippen LogP contribution in [0.2, 0.25) is 0 Å². The number of aryl methyl sites for hydroxylation is 1. The Morgan fingerprint density at radius 1 is 0.966 bits per heavy atom. The maximum absolute atomic E-state index is 11.0. The Bertz CT molecular complexity index is 1170. The summed E-state index contributed by atoms with van der Waals surface area (Å²) in [6.45, 7) is 2.02. The van der Waals surface area contributed by atoms with Gasteiger partial charge in [-0.3, -0.25) is 4.98 Å². The molecule has 3 N–H and O–H groups in total. The molecule has 0 aliphatic heterocycles. The number of methoxy groups -OCH3 is 1. The highest BCUT2D eigenvalue weighted by atomic mass is 16.5. The van der Waals surface area contributed by atoms with Crippen LogP contribution < -0.4 is 10.1 Å². The first-order valence-electron chi connectivity index (χ1n) is 9.33. The lowest BCUT2D eigenvalue weighted by Crippen LogP contribution is -2.13. The van der Waals surface area contributed by atoms with Gasteiger partial charge in [0.15, 0.2) is 11.5 Å². The standard InChI is InChI=1S/C24H22N2O3/c1-15-5-3-7-18(13-15)26-22(17-9-11-21(29-2)20(27)14-17)19-10-8-16-6-4-12-25-23(16)24(19)28/h3-14,22,26-28H,1-2H3. The highest BCUT2D eigenvalue weighted by molar-refractivity contribution is 5.86. The van der Waals surface area contributed by atoms with Crippen molar-refractivity contribution in [1.82, 2.24) is 4.98 Å². The van der Waals surface area contributed by atoms with E-state index in [1.54, 1.807) is 18.3 Å². The van der Waals surface area contributed by atoms with E-state index < -0.39 is 6.04 Å². The van der Waals surface area contributed by atoms with Gasteiger partial charge < -0.3 is 20.3 Å². The molecule has 3 aromatic carbocycles. The normalized spacial score (nSPS) is 11.9. The van der Waals surface area contributed by atoms with Gasteiger partial charge in [-0.1, -0.05) is 36.4 Å². The number of pyridine rings is 1. The fraction of sp³-hybridized carbons (Fsp3) is 0.125. The van der Waals surface area contributed by atoms with E-state index in [0.717, 1.165) is 22.2 Å². The van der Waals surface area contributed by atoms with Gasteiger partial charge in [0.25, 0.3) is 0 Å². The quantitative estimate of drug-likeness (QED) is 0.441. The maximum Gasteiger partial charge on any atom is 0.160 e. The van der Waals surface area contributed by atoms with Crippen molar-refractivity contribution in [3.8, 4) is 17.2 Å². The van der Waals surface area contributed by atoms with Gasteiger partial charge in [-0.2, -0.15) is 0 Å². The van der Waals surface area contributed by atoms with Crippen LogP contribution in [0.25, 0.3) is 10.9 Å². The first kappa shape index (κ1) is 18.6. The molecule has 0 saturated heterocycles. The summed E-state index contributed by atoms with van der Waals surface area (Å²) in [7, 11) is 1.51. The molecule has 5 nitrogen and oxygen atoms in total. The fourth-order valence-corrected chi connectivity index (χ4v) is 3.51. The van der Waals surface area contributed by atoms with Gasteiger partial charge in [-0.15, -0.1) is 0 Å². The van der Waals surface area contributed by atoms with Crippen molar-refractivity contribution in [2.75, 3.05) is 12.4 Å². The Morgan fingerprint density at radius 2 is 1.83 bits per heavy atom. The number of aromatic hydroxyl groups is 2. The number of fused-ring (bicyclic) bond motifs is 1. The molecule has 1 atom stereocenters. The number of rotatable bonds is 5. The van der Waals surface area contributed by atoms with Crippen molar-refractivity contribution in [3.63, 3.8) is 0 Å². The van der Waals surface area contributed by atoms with Crippen molar-refractivity contribution >= 4 is 16.6 Å². The number of hydrogen-bond acceptors (Lipinski definition) is 5. The lowest BCUT2D eigenvalue weighted by Gasteiger charge is -2.23. The van der Waals surface area contributed by atoms with Crippen LogP contribution in [-0.4, -0.2) is 22.3 Å². The summed E-state index contributed by atoms with van der Waals surface area (Å²) in [6, 6.07) is 20.4. The van der Waals surface area contributed by atoms with Crippen LogP contribution in [-0.2, 0) is 0 Å². The molecule has 1 heterocycles. The third kappa shape index (κ3) is 3.67. The highest BCUT2D eigenvalue weighted by Gasteiger charge is 2.21. The Kier molecular flexibility index (Phi) is 4.96. The number of hydrogen-bond donors (Lipinski definition) is 3. The van der Waals surface area contributed by atoms with E-state index in [1.807, 2.05) is 61.5 Å². The van der Waals surface area contributed by atoms with E-state index in [4.69, 9.17) is 4.74 Å². The second-order valence-electron chi connectivity index (χ2n) is 6.96. The number of phenols is 2. The van der Waals surface area contributed by atoms with E-state index >= 15 is 0 Å². The molecule has 0 radical (unpaired) electrons. The molecule has 0 bridgehead atoms. The minimum absolute atomic E-state index is 0.0412. The van der Waals surface area contributed by atoms with Crippen LogP contribution in [0.4, 0.5) is 5.69 Å². The van der Waals surface area contributed by atoms with Crippen molar-refractivity contribution in [2.24, 2.45) is 0 Å². The molecule has 4 rings (SSSR count). The lowest BCUT2D eigenvalue weighted by molar-refractivity contribution is 0.373. The summed E-state index contributed by atoms with van der Waals surface area (Å²) in [4.78, 5) is 4.34. The average molecular weight is 386 g/mol. The number of benzene rings is 3. The second kappa shape index (κ2) is 7.72. The van der Waals surface area contributed by atoms with Crippen LogP contribution in [0.1, 0.15) is 22.7 Å². The van der Waals surface area contributed by atoms with E-state index in [-0.39, 0.29) is 11.5 Å². The molecule has 1 unspecified atom stereocenters. The van der Waals surface area contributed by atoms with Gasteiger partial charge in [-0.05, 0) is 48.4 Å². The monoisotopic (exact) mass is 386 g/mol. The van der Waals surface area contributed by atoms with Crippen molar-refractivity contribution in [1.29, 1.82) is 0 Å². The molecular weight excluding hydrogens is 364 g/mol. The van der Waals surface area contributed by atoms with Crippen molar-refractivity contribution in [3.05, 3.63) is 89.6 Å². The molecule has 29 heavy (non-hydrogen) atoms. The number of ether oxygens (including phenoxy) is 1. The predicted octanol–water partition coefficient (Wildman–Crippen LogP) is 5.16. The molecule has 0 fully saturated rings. The molecule has 146 valence electrons. The Morgan fingerprint density at radius 3 is 2.59 bits per heavy atom. The summed E-state index contributed by atoms with van der Waals surface area (Å²) < 4.78 is 5.17. The topological polar surface area (TPSA) is 74.6 Å². The lowest BCUT2D eigenvalue weighted by atomic mass is 9.95. The van der Waals surface area contributed by atoms with Gasteiger partial charge in [0.1, 0.15) is 11.3 Å². The molecule has 0 spiro atoms. The Balaban J connectivity index is 1.86. The first-order chi connectivity index (χ1) is 14.1. The molecular formula is C24H22N2O3. The zero-order valence-corrected chi connectivity index (χ0v) is 16.3. The molecule has 5 heteroatoms. The third-order valence-electron chi connectivity index (χ3n) is 4.96. The number of anilines is 1. The van der Waals surface area contributed by atoms with Crippen LogP contribution in [0.5, 0.6) is 17.2 Å². The minimum atomic E-state index is -0.403. The van der Waals surface area contributed by atoms with Crippen LogP contribution in [0.15, 0.2) is 72.9 Å². The van der Waals surface area contributed by atoms with E-state index in [0.29, 0.717) is 16.8 Å². The largest absolute Gasteiger partial charge is 0.505 e. The highest BCUT2D eigenvalue weighted by Crippen LogP contribution is 2.38. The second-order valence-corrected chi connectivity index (χ2v) is 6.96. The van der Waals surface area contributed by atoms with Crippen LogP contribution in [0, 0.1) is 6.92 Å². The van der Waals surface area contributed by atoms with Crippen molar-refractivity contribution in [2.45, 2.75) is 13.0 Å². The first-order valence-corrected chi connectivity index (χ1v) is 9.33. The zero-order valence-electron chi connectivity index (χ0n) is 16.3. The number of nitrogens with one attached hydrogen (secondary N) is 1. The van der Waals surface area contributed by atoms with Gasteiger partial charge in [-0.25, -0.2) is 0 Å². The maximum atomic E-state index is 11.0. The Hall–Kier alpha value is -3.73. The fourth-order valence-electron chi connectivity index (χ4n) is 3.51. The molecule has 0 saturated carbocycles. The summed E-state index contributed by atoms with van der Waals surface area (Å²) >= 11 is 0. The van der Waals surface area contributed by atoms with E-state index in [2.05, 4.69) is 10.3 Å². The minimum Gasteiger partial charge on any atom is -0.505 e. The zero-order chi connectivity index (χ0) is 20.4. The summed E-state index contributed by atoms with van der Waals surface area (Å²) in [5, 5.41) is 25.6. The van der Waals surface area contributed by atoms with Gasteiger partial charge >= 0.3 is 0 Å². The number of aromatic nitrogens is 1. The molecule has 0 aliphatic carbocycles.